The summed E-state index contributed by atoms with van der Waals surface area (Å²) in [6.45, 7) is 3.99. The van der Waals surface area contributed by atoms with Gasteiger partial charge >= 0.3 is 0 Å². The van der Waals surface area contributed by atoms with Crippen LogP contribution in [0.4, 0.5) is 0 Å². The predicted molar refractivity (Wildman–Crippen MR) is 64.2 cm³/mol. The zero-order valence-corrected chi connectivity index (χ0v) is 9.95. The van der Waals surface area contributed by atoms with Crippen LogP contribution >= 0.6 is 0 Å². The van der Waals surface area contributed by atoms with E-state index in [4.69, 9.17) is 4.74 Å². The van der Waals surface area contributed by atoms with E-state index in [9.17, 15) is 4.79 Å². The number of aldehydes is 1. The maximum Gasteiger partial charge on any atom is 0.150 e. The topological polar surface area (TPSA) is 26.3 Å². The van der Waals surface area contributed by atoms with Crippen molar-refractivity contribution >= 4 is 6.29 Å². The molecule has 2 rings (SSSR count). The van der Waals surface area contributed by atoms with E-state index in [1.807, 2.05) is 26.0 Å². The molecule has 0 saturated heterocycles. The summed E-state index contributed by atoms with van der Waals surface area (Å²) < 4.78 is 5.97. The molecule has 1 aromatic carbocycles. The molecular formula is C14H18O2. The summed E-state index contributed by atoms with van der Waals surface area (Å²) in [5, 5.41) is 0. The molecule has 16 heavy (non-hydrogen) atoms. The third-order valence-corrected chi connectivity index (χ3v) is 3.50. The molecule has 1 aliphatic carbocycles. The lowest BCUT2D eigenvalue weighted by Gasteiger charge is -2.17. The van der Waals surface area contributed by atoms with Crippen molar-refractivity contribution in [2.24, 2.45) is 0 Å². The zero-order valence-electron chi connectivity index (χ0n) is 9.95. The summed E-state index contributed by atoms with van der Waals surface area (Å²) in [7, 11) is 0. The third-order valence-electron chi connectivity index (χ3n) is 3.50. The Morgan fingerprint density at radius 3 is 2.50 bits per heavy atom. The zero-order chi connectivity index (χ0) is 11.5. The average molecular weight is 218 g/mol. The van der Waals surface area contributed by atoms with Gasteiger partial charge in [0.2, 0.25) is 0 Å². The van der Waals surface area contributed by atoms with Crippen LogP contribution < -0.4 is 4.74 Å². The van der Waals surface area contributed by atoms with Crippen molar-refractivity contribution in [3.8, 4) is 5.75 Å². The van der Waals surface area contributed by atoms with Gasteiger partial charge in [0.1, 0.15) is 12.0 Å². The molecule has 0 N–H and O–H groups in total. The molecule has 1 fully saturated rings. The summed E-state index contributed by atoms with van der Waals surface area (Å²) >= 11 is 0. The second kappa shape index (κ2) is 4.69. The lowest BCUT2D eigenvalue weighted by molar-refractivity contribution is 0.112. The molecule has 0 aromatic heterocycles. The van der Waals surface area contributed by atoms with Crippen LogP contribution in [0.25, 0.3) is 0 Å². The Bertz CT molecular complexity index is 390. The highest BCUT2D eigenvalue weighted by atomic mass is 16.5. The molecular weight excluding hydrogens is 200 g/mol. The summed E-state index contributed by atoms with van der Waals surface area (Å²) in [5.74, 6) is 0.940. The Morgan fingerprint density at radius 1 is 1.19 bits per heavy atom. The minimum Gasteiger partial charge on any atom is -0.490 e. The van der Waals surface area contributed by atoms with Crippen LogP contribution in [-0.2, 0) is 0 Å². The van der Waals surface area contributed by atoms with Crippen LogP contribution in [0, 0.1) is 13.8 Å². The summed E-state index contributed by atoms with van der Waals surface area (Å²) in [6.07, 6.45) is 6.15. The fourth-order valence-corrected chi connectivity index (χ4v) is 2.26. The summed E-state index contributed by atoms with van der Waals surface area (Å²) in [5.41, 5.74) is 2.89. The van der Waals surface area contributed by atoms with E-state index in [0.29, 0.717) is 6.10 Å². The highest BCUT2D eigenvalue weighted by Crippen LogP contribution is 2.28. The van der Waals surface area contributed by atoms with Gasteiger partial charge < -0.3 is 4.74 Å². The second-order valence-electron chi connectivity index (χ2n) is 4.55. The van der Waals surface area contributed by atoms with E-state index in [2.05, 4.69) is 0 Å². The number of rotatable bonds is 3. The van der Waals surface area contributed by atoms with Crippen LogP contribution in [0.2, 0.25) is 0 Å². The van der Waals surface area contributed by atoms with Gasteiger partial charge in [-0.05, 0) is 62.8 Å². The normalized spacial score (nSPS) is 16.4. The van der Waals surface area contributed by atoms with Crippen molar-refractivity contribution in [3.63, 3.8) is 0 Å². The monoisotopic (exact) mass is 218 g/mol. The molecule has 1 aromatic rings. The first kappa shape index (κ1) is 11.2. The van der Waals surface area contributed by atoms with Gasteiger partial charge in [-0.15, -0.1) is 0 Å². The van der Waals surface area contributed by atoms with E-state index in [0.717, 1.165) is 41.6 Å². The molecule has 2 heteroatoms. The molecule has 0 unspecified atom stereocenters. The van der Waals surface area contributed by atoms with Crippen LogP contribution in [0.15, 0.2) is 12.1 Å². The van der Waals surface area contributed by atoms with Gasteiger partial charge in [-0.25, -0.2) is 0 Å². The van der Waals surface area contributed by atoms with Gasteiger partial charge in [-0.1, -0.05) is 0 Å². The summed E-state index contributed by atoms with van der Waals surface area (Å²) in [6, 6.07) is 3.77. The number of benzene rings is 1. The smallest absolute Gasteiger partial charge is 0.150 e. The molecule has 0 atom stereocenters. The Balaban J connectivity index is 2.21. The van der Waals surface area contributed by atoms with Gasteiger partial charge in [0, 0.05) is 5.56 Å². The van der Waals surface area contributed by atoms with Gasteiger partial charge in [-0.3, -0.25) is 4.79 Å². The predicted octanol–water partition coefficient (Wildman–Crippen LogP) is 3.44. The van der Waals surface area contributed by atoms with Crippen molar-refractivity contribution < 1.29 is 9.53 Å². The Kier molecular flexibility index (Phi) is 3.28. The fraction of sp³-hybridized carbons (Fsp3) is 0.500. The molecule has 0 amide bonds. The van der Waals surface area contributed by atoms with E-state index in [-0.39, 0.29) is 0 Å². The van der Waals surface area contributed by atoms with Crippen molar-refractivity contribution in [1.82, 2.24) is 0 Å². The first-order valence-electron chi connectivity index (χ1n) is 5.94. The molecule has 86 valence electrons. The minimum atomic E-state index is 0.375. The maximum atomic E-state index is 10.8. The lowest BCUT2D eigenvalue weighted by atomic mass is 10.0. The Labute approximate surface area is 96.6 Å². The van der Waals surface area contributed by atoms with Gasteiger partial charge in [0.25, 0.3) is 0 Å². The number of carbonyl (C=O) groups is 1. The first-order chi connectivity index (χ1) is 7.72. The number of ether oxygens (including phenoxy) is 1. The highest BCUT2D eigenvalue weighted by Gasteiger charge is 2.18. The number of hydrogen-bond donors (Lipinski definition) is 0. The minimum absolute atomic E-state index is 0.375. The van der Waals surface area contributed by atoms with E-state index < -0.39 is 0 Å². The van der Waals surface area contributed by atoms with Crippen molar-refractivity contribution in [2.75, 3.05) is 0 Å². The molecule has 0 heterocycles. The molecule has 0 radical (unpaired) electrons. The first-order valence-corrected chi connectivity index (χ1v) is 5.94. The molecule has 0 aliphatic heterocycles. The van der Waals surface area contributed by atoms with Gasteiger partial charge in [0.05, 0.1) is 6.10 Å². The quantitative estimate of drug-likeness (QED) is 0.726. The third kappa shape index (κ3) is 2.11. The van der Waals surface area contributed by atoms with Gasteiger partial charge in [-0.2, -0.15) is 0 Å². The SMILES string of the molecule is Cc1c(C=O)ccc(OC2CCCC2)c1C. The van der Waals surface area contributed by atoms with Crippen molar-refractivity contribution in [2.45, 2.75) is 45.6 Å². The molecule has 1 saturated carbocycles. The van der Waals surface area contributed by atoms with Gasteiger partial charge in [0.15, 0.2) is 0 Å². The van der Waals surface area contributed by atoms with Crippen molar-refractivity contribution in [3.05, 3.63) is 28.8 Å². The van der Waals surface area contributed by atoms with Crippen LogP contribution in [0.3, 0.4) is 0 Å². The molecule has 2 nitrogen and oxygen atoms in total. The van der Waals surface area contributed by atoms with Crippen LogP contribution in [0.1, 0.15) is 47.2 Å². The number of hydrogen-bond acceptors (Lipinski definition) is 2. The molecule has 0 spiro atoms. The van der Waals surface area contributed by atoms with Crippen LogP contribution in [0.5, 0.6) is 5.75 Å². The fourth-order valence-electron chi connectivity index (χ4n) is 2.26. The molecule has 0 bridgehead atoms. The van der Waals surface area contributed by atoms with Crippen LogP contribution in [-0.4, -0.2) is 12.4 Å². The van der Waals surface area contributed by atoms with E-state index in [1.165, 1.54) is 12.8 Å². The number of carbonyl (C=O) groups excluding carboxylic acids is 1. The Hall–Kier alpha value is -1.31. The van der Waals surface area contributed by atoms with Crippen molar-refractivity contribution in [1.29, 1.82) is 0 Å². The summed E-state index contributed by atoms with van der Waals surface area (Å²) in [4.78, 5) is 10.8. The highest BCUT2D eigenvalue weighted by molar-refractivity contribution is 5.78. The van der Waals surface area contributed by atoms with E-state index >= 15 is 0 Å². The lowest BCUT2D eigenvalue weighted by Crippen LogP contribution is -2.12. The standard InChI is InChI=1S/C14H18O2/c1-10-11(2)14(8-7-12(10)9-15)16-13-5-3-4-6-13/h7-9,13H,3-6H2,1-2H3. The molecule has 1 aliphatic rings. The maximum absolute atomic E-state index is 10.8. The van der Waals surface area contributed by atoms with E-state index in [1.54, 1.807) is 0 Å². The largest absolute Gasteiger partial charge is 0.490 e. The second-order valence-corrected chi connectivity index (χ2v) is 4.55. The average Bonchev–Trinajstić information content (AvgIpc) is 2.78. The Morgan fingerprint density at radius 2 is 1.88 bits per heavy atom.